The van der Waals surface area contributed by atoms with Crippen LogP contribution in [-0.4, -0.2) is 47.3 Å². The van der Waals surface area contributed by atoms with Gasteiger partial charge < -0.3 is 23.7 Å². The van der Waals surface area contributed by atoms with Crippen LogP contribution in [0.1, 0.15) is 48.3 Å². The van der Waals surface area contributed by atoms with E-state index in [0.29, 0.717) is 28.9 Å². The molecule has 2 unspecified atom stereocenters. The van der Waals surface area contributed by atoms with Crippen LogP contribution in [0.3, 0.4) is 0 Å². The molecule has 1 aliphatic heterocycles. The van der Waals surface area contributed by atoms with E-state index >= 15 is 0 Å². The number of hydrogen-bond acceptors (Lipinski definition) is 6. The molecular formula is C24H29NO5. The summed E-state index contributed by atoms with van der Waals surface area (Å²) in [7, 11) is 8.20. The van der Waals surface area contributed by atoms with Crippen molar-refractivity contribution < 1.29 is 23.7 Å². The predicted octanol–water partition coefficient (Wildman–Crippen LogP) is 4.61. The van der Waals surface area contributed by atoms with Gasteiger partial charge in [-0.25, -0.2) is 0 Å². The van der Waals surface area contributed by atoms with E-state index < -0.39 is 0 Å². The largest absolute Gasteiger partial charge is 0.493 e. The molecular weight excluding hydrogens is 382 g/mol. The second-order valence-corrected chi connectivity index (χ2v) is 7.64. The molecule has 30 heavy (non-hydrogen) atoms. The zero-order valence-electron chi connectivity index (χ0n) is 18.3. The highest BCUT2D eigenvalue weighted by Gasteiger charge is 2.35. The average Bonchev–Trinajstić information content (AvgIpc) is 2.81. The van der Waals surface area contributed by atoms with Crippen molar-refractivity contribution in [3.8, 4) is 28.7 Å². The normalized spacial score (nSPS) is 19.8. The summed E-state index contributed by atoms with van der Waals surface area (Å²) >= 11 is 0. The SMILES string of the molecule is COc1cc2c(cc1OC)C1CCCCC1N=C2c1cc(OC)c(OC)c(OC)c1. The molecule has 0 saturated heterocycles. The van der Waals surface area contributed by atoms with Crippen LogP contribution in [0, 0.1) is 0 Å². The third-order valence-corrected chi connectivity index (χ3v) is 6.17. The molecule has 0 aromatic heterocycles. The average molecular weight is 411 g/mol. The summed E-state index contributed by atoms with van der Waals surface area (Å²) in [5.41, 5.74) is 4.21. The zero-order valence-corrected chi connectivity index (χ0v) is 18.3. The van der Waals surface area contributed by atoms with E-state index in [2.05, 4.69) is 6.07 Å². The van der Waals surface area contributed by atoms with Gasteiger partial charge in [-0.1, -0.05) is 12.8 Å². The van der Waals surface area contributed by atoms with Crippen LogP contribution in [0.25, 0.3) is 0 Å². The number of fused-ring (bicyclic) bond motifs is 3. The van der Waals surface area contributed by atoms with Crippen LogP contribution in [0.2, 0.25) is 0 Å². The lowest BCUT2D eigenvalue weighted by molar-refractivity contribution is 0.324. The lowest BCUT2D eigenvalue weighted by Gasteiger charge is -2.36. The number of aliphatic imine (C=N–C) groups is 1. The lowest BCUT2D eigenvalue weighted by Crippen LogP contribution is -2.29. The Kier molecular flexibility index (Phi) is 5.75. The van der Waals surface area contributed by atoms with Crippen molar-refractivity contribution in [1.29, 1.82) is 0 Å². The molecule has 2 atom stereocenters. The molecule has 6 heteroatoms. The quantitative estimate of drug-likeness (QED) is 0.695. The summed E-state index contributed by atoms with van der Waals surface area (Å²) in [5, 5.41) is 0. The van der Waals surface area contributed by atoms with E-state index in [4.69, 9.17) is 28.7 Å². The number of benzene rings is 2. The molecule has 2 aromatic rings. The Morgan fingerprint density at radius 1 is 0.700 bits per heavy atom. The topological polar surface area (TPSA) is 58.5 Å². The molecule has 1 fully saturated rings. The van der Waals surface area contributed by atoms with Gasteiger partial charge in [0.2, 0.25) is 5.75 Å². The van der Waals surface area contributed by atoms with Crippen LogP contribution in [0.4, 0.5) is 0 Å². The highest BCUT2D eigenvalue weighted by Crippen LogP contribution is 2.46. The fraction of sp³-hybridized carbons (Fsp3) is 0.458. The Morgan fingerprint density at radius 2 is 1.30 bits per heavy atom. The summed E-state index contributed by atoms with van der Waals surface area (Å²) in [6, 6.07) is 8.36. The smallest absolute Gasteiger partial charge is 0.203 e. The monoisotopic (exact) mass is 411 g/mol. The Bertz CT molecular complexity index is 943. The van der Waals surface area contributed by atoms with Gasteiger partial charge in [-0.3, -0.25) is 4.99 Å². The first-order chi connectivity index (χ1) is 14.6. The number of rotatable bonds is 6. The van der Waals surface area contributed by atoms with Gasteiger partial charge in [-0.05, 0) is 42.7 Å². The summed E-state index contributed by atoms with van der Waals surface area (Å²) in [6.07, 6.45) is 4.66. The van der Waals surface area contributed by atoms with Crippen LogP contribution >= 0.6 is 0 Å². The van der Waals surface area contributed by atoms with Crippen molar-refractivity contribution in [1.82, 2.24) is 0 Å². The zero-order chi connectivity index (χ0) is 21.3. The van der Waals surface area contributed by atoms with Gasteiger partial charge in [0.1, 0.15) is 0 Å². The maximum Gasteiger partial charge on any atom is 0.203 e. The third-order valence-electron chi connectivity index (χ3n) is 6.17. The van der Waals surface area contributed by atoms with Gasteiger partial charge in [0, 0.05) is 17.0 Å². The highest BCUT2D eigenvalue weighted by atomic mass is 16.5. The molecule has 1 aliphatic carbocycles. The van der Waals surface area contributed by atoms with Crippen molar-refractivity contribution in [3.63, 3.8) is 0 Å². The molecule has 1 heterocycles. The predicted molar refractivity (Wildman–Crippen MR) is 116 cm³/mol. The van der Waals surface area contributed by atoms with Crippen molar-refractivity contribution in [3.05, 3.63) is 41.0 Å². The number of ether oxygens (including phenoxy) is 5. The first-order valence-corrected chi connectivity index (χ1v) is 10.3. The highest BCUT2D eigenvalue weighted by molar-refractivity contribution is 6.15. The molecule has 2 aromatic carbocycles. The second-order valence-electron chi connectivity index (χ2n) is 7.64. The van der Waals surface area contributed by atoms with Crippen LogP contribution in [0.15, 0.2) is 29.3 Å². The van der Waals surface area contributed by atoms with Gasteiger partial charge in [0.25, 0.3) is 0 Å². The minimum atomic E-state index is 0.262. The summed E-state index contributed by atoms with van der Waals surface area (Å²) in [6.45, 7) is 0. The van der Waals surface area contributed by atoms with Gasteiger partial charge in [0.15, 0.2) is 23.0 Å². The van der Waals surface area contributed by atoms with Gasteiger partial charge in [0.05, 0.1) is 47.3 Å². The molecule has 0 N–H and O–H groups in total. The molecule has 0 amide bonds. The first-order valence-electron chi connectivity index (χ1n) is 10.3. The standard InChI is InChI=1S/C24H29NO5/c1-26-19-12-16-15-8-6-7-9-18(15)25-23(17(16)13-20(19)27-2)14-10-21(28-3)24(30-5)22(11-14)29-4/h10-13,15,18H,6-9H2,1-5H3. The summed E-state index contributed by atoms with van der Waals surface area (Å²) in [4.78, 5) is 5.22. The first kappa shape index (κ1) is 20.4. The molecule has 0 radical (unpaired) electrons. The van der Waals surface area contributed by atoms with E-state index in [1.165, 1.54) is 18.4 Å². The number of methoxy groups -OCH3 is 5. The van der Waals surface area contributed by atoms with E-state index in [1.54, 1.807) is 35.5 Å². The number of nitrogens with zero attached hydrogens (tertiary/aromatic N) is 1. The van der Waals surface area contributed by atoms with E-state index in [-0.39, 0.29) is 6.04 Å². The van der Waals surface area contributed by atoms with Gasteiger partial charge in [-0.15, -0.1) is 0 Å². The minimum Gasteiger partial charge on any atom is -0.493 e. The summed E-state index contributed by atoms with van der Waals surface area (Å²) < 4.78 is 27.9. The maximum atomic E-state index is 5.60. The Hall–Kier alpha value is -2.89. The summed E-state index contributed by atoms with van der Waals surface area (Å²) in [5.74, 6) is 3.66. The van der Waals surface area contributed by atoms with Crippen molar-refractivity contribution in [2.75, 3.05) is 35.5 Å². The second kappa shape index (κ2) is 8.46. The molecule has 1 saturated carbocycles. The Labute approximate surface area is 177 Å². The minimum absolute atomic E-state index is 0.262. The third kappa shape index (κ3) is 3.34. The number of hydrogen-bond donors (Lipinski definition) is 0. The van der Waals surface area contributed by atoms with Crippen molar-refractivity contribution >= 4 is 5.71 Å². The molecule has 6 nitrogen and oxygen atoms in total. The fourth-order valence-corrected chi connectivity index (χ4v) is 4.72. The Balaban J connectivity index is 1.93. The van der Waals surface area contributed by atoms with Crippen molar-refractivity contribution in [2.24, 2.45) is 4.99 Å². The van der Waals surface area contributed by atoms with E-state index in [1.807, 2.05) is 18.2 Å². The van der Waals surface area contributed by atoms with Crippen LogP contribution in [-0.2, 0) is 0 Å². The van der Waals surface area contributed by atoms with E-state index in [9.17, 15) is 0 Å². The molecule has 160 valence electrons. The molecule has 0 spiro atoms. The van der Waals surface area contributed by atoms with Gasteiger partial charge >= 0.3 is 0 Å². The van der Waals surface area contributed by atoms with Crippen LogP contribution in [0.5, 0.6) is 28.7 Å². The Morgan fingerprint density at radius 3 is 1.90 bits per heavy atom. The maximum absolute atomic E-state index is 5.60. The molecule has 4 rings (SSSR count). The van der Waals surface area contributed by atoms with Gasteiger partial charge in [-0.2, -0.15) is 0 Å². The fourth-order valence-electron chi connectivity index (χ4n) is 4.72. The van der Waals surface area contributed by atoms with Crippen LogP contribution < -0.4 is 23.7 Å². The molecule has 2 aliphatic rings. The molecule has 0 bridgehead atoms. The van der Waals surface area contributed by atoms with Crippen molar-refractivity contribution in [2.45, 2.75) is 37.6 Å². The lowest BCUT2D eigenvalue weighted by atomic mass is 9.75. The van der Waals surface area contributed by atoms with E-state index in [0.717, 1.165) is 35.4 Å².